The van der Waals surface area contributed by atoms with Crippen molar-refractivity contribution in [3.8, 4) is 11.1 Å². The Labute approximate surface area is 186 Å². The van der Waals surface area contributed by atoms with Gasteiger partial charge in [-0.2, -0.15) is 0 Å². The highest BCUT2D eigenvalue weighted by Gasteiger charge is 2.42. The normalized spacial score (nSPS) is 18.4. The highest BCUT2D eigenvalue weighted by molar-refractivity contribution is 5.97. The van der Waals surface area contributed by atoms with Crippen molar-refractivity contribution < 1.29 is 4.79 Å². The first-order chi connectivity index (χ1) is 14.7. The standard InChI is InChI=1S/C28H34N2O/c1-6-7-24-23(16-28(3,4)5)26(18-10-8-17(2)9-11-18)22-14-19(12-13-25(22)30-24)20-15-21(20)27(29)31/h8-14,20-21H,6-7,15-16H2,1-5H3,(H2,29,31). The van der Waals surface area contributed by atoms with Crippen molar-refractivity contribution in [3.63, 3.8) is 0 Å². The van der Waals surface area contributed by atoms with Gasteiger partial charge in [0.2, 0.25) is 5.91 Å². The van der Waals surface area contributed by atoms with Crippen LogP contribution in [0, 0.1) is 18.3 Å². The van der Waals surface area contributed by atoms with Crippen LogP contribution in [0.15, 0.2) is 42.5 Å². The van der Waals surface area contributed by atoms with Gasteiger partial charge in [0.05, 0.1) is 5.52 Å². The zero-order valence-electron chi connectivity index (χ0n) is 19.5. The van der Waals surface area contributed by atoms with E-state index >= 15 is 0 Å². The molecule has 1 saturated carbocycles. The number of pyridine rings is 1. The number of nitrogens with zero attached hydrogens (tertiary/aromatic N) is 1. The Hall–Kier alpha value is -2.68. The predicted octanol–water partition coefficient (Wildman–Crippen LogP) is 6.34. The summed E-state index contributed by atoms with van der Waals surface area (Å²) in [5.74, 6) is 0.0319. The average molecular weight is 415 g/mol. The molecule has 2 unspecified atom stereocenters. The van der Waals surface area contributed by atoms with E-state index in [0.717, 1.165) is 31.2 Å². The van der Waals surface area contributed by atoms with Crippen molar-refractivity contribution >= 4 is 16.8 Å². The maximum Gasteiger partial charge on any atom is 0.221 e. The van der Waals surface area contributed by atoms with Crippen molar-refractivity contribution in [1.29, 1.82) is 0 Å². The average Bonchev–Trinajstić information content (AvgIpc) is 3.49. The largest absolute Gasteiger partial charge is 0.369 e. The Morgan fingerprint density at radius 1 is 1.13 bits per heavy atom. The van der Waals surface area contributed by atoms with Crippen LogP contribution in [0.2, 0.25) is 0 Å². The second-order valence-corrected chi connectivity index (χ2v) is 10.4. The van der Waals surface area contributed by atoms with Crippen molar-refractivity contribution in [3.05, 3.63) is 64.8 Å². The summed E-state index contributed by atoms with van der Waals surface area (Å²) in [5, 5.41) is 1.19. The van der Waals surface area contributed by atoms with Gasteiger partial charge in [0, 0.05) is 17.0 Å². The fourth-order valence-corrected chi connectivity index (χ4v) is 4.69. The van der Waals surface area contributed by atoms with Crippen molar-refractivity contribution in [2.24, 2.45) is 17.1 Å². The SMILES string of the molecule is CCCc1nc2ccc(C3CC3C(N)=O)cc2c(-c2ccc(C)cc2)c1CC(C)(C)C. The number of rotatable bonds is 6. The van der Waals surface area contributed by atoms with E-state index in [2.05, 4.69) is 77.1 Å². The van der Waals surface area contributed by atoms with Gasteiger partial charge in [-0.25, -0.2) is 0 Å². The third kappa shape index (κ3) is 4.51. The van der Waals surface area contributed by atoms with E-state index in [9.17, 15) is 4.79 Å². The monoisotopic (exact) mass is 414 g/mol. The van der Waals surface area contributed by atoms with Crippen LogP contribution >= 0.6 is 0 Å². The lowest BCUT2D eigenvalue weighted by Gasteiger charge is -2.24. The van der Waals surface area contributed by atoms with E-state index in [0.29, 0.717) is 0 Å². The molecule has 1 amide bonds. The number of primary amides is 1. The summed E-state index contributed by atoms with van der Waals surface area (Å²) in [5.41, 5.74) is 14.4. The quantitative estimate of drug-likeness (QED) is 0.511. The molecule has 2 aromatic carbocycles. The van der Waals surface area contributed by atoms with Gasteiger partial charge in [0.15, 0.2) is 0 Å². The summed E-state index contributed by atoms with van der Waals surface area (Å²) in [6, 6.07) is 15.4. The fourth-order valence-electron chi connectivity index (χ4n) is 4.69. The molecule has 1 fully saturated rings. The van der Waals surface area contributed by atoms with E-state index in [1.165, 1.54) is 38.9 Å². The van der Waals surface area contributed by atoms with E-state index in [1.807, 2.05) is 0 Å². The van der Waals surface area contributed by atoms with Gasteiger partial charge >= 0.3 is 0 Å². The number of carbonyl (C=O) groups excluding carboxylic acids is 1. The molecule has 1 heterocycles. The highest BCUT2D eigenvalue weighted by Crippen LogP contribution is 2.48. The highest BCUT2D eigenvalue weighted by atomic mass is 16.1. The van der Waals surface area contributed by atoms with Gasteiger partial charge < -0.3 is 5.73 Å². The lowest BCUT2D eigenvalue weighted by atomic mass is 9.82. The molecule has 162 valence electrons. The second-order valence-electron chi connectivity index (χ2n) is 10.4. The summed E-state index contributed by atoms with van der Waals surface area (Å²) >= 11 is 0. The molecule has 4 rings (SSSR count). The molecule has 1 aliphatic rings. The number of amides is 1. The number of hydrogen-bond acceptors (Lipinski definition) is 2. The summed E-state index contributed by atoms with van der Waals surface area (Å²) < 4.78 is 0. The number of fused-ring (bicyclic) bond motifs is 1. The number of hydrogen-bond donors (Lipinski definition) is 1. The molecule has 0 bridgehead atoms. The zero-order chi connectivity index (χ0) is 22.3. The van der Waals surface area contributed by atoms with E-state index < -0.39 is 0 Å². The predicted molar refractivity (Wildman–Crippen MR) is 129 cm³/mol. The minimum atomic E-state index is -0.186. The van der Waals surface area contributed by atoms with Gasteiger partial charge in [-0.15, -0.1) is 0 Å². The van der Waals surface area contributed by atoms with Gasteiger partial charge in [-0.1, -0.05) is 70.0 Å². The molecule has 0 spiro atoms. The molecule has 3 heteroatoms. The third-order valence-electron chi connectivity index (χ3n) is 6.31. The molecule has 2 N–H and O–H groups in total. The van der Waals surface area contributed by atoms with Crippen molar-refractivity contribution in [2.45, 2.75) is 66.2 Å². The molecule has 3 aromatic rings. The molecule has 0 radical (unpaired) electrons. The molecule has 3 nitrogen and oxygen atoms in total. The number of carbonyl (C=O) groups is 1. The minimum absolute atomic E-state index is 0.0263. The smallest absolute Gasteiger partial charge is 0.221 e. The summed E-state index contributed by atoms with van der Waals surface area (Å²) in [6.45, 7) is 11.2. The Bertz CT molecular complexity index is 1120. The molecular weight excluding hydrogens is 380 g/mol. The zero-order valence-corrected chi connectivity index (χ0v) is 19.5. The Morgan fingerprint density at radius 3 is 2.42 bits per heavy atom. The first kappa shape index (κ1) is 21.5. The topological polar surface area (TPSA) is 56.0 Å². The van der Waals surface area contributed by atoms with Gasteiger partial charge in [0.1, 0.15) is 0 Å². The van der Waals surface area contributed by atoms with Crippen LogP contribution in [0.4, 0.5) is 0 Å². The summed E-state index contributed by atoms with van der Waals surface area (Å²) in [6.07, 6.45) is 3.89. The molecular formula is C28H34N2O. The molecule has 1 aromatic heterocycles. The van der Waals surface area contributed by atoms with Crippen LogP contribution < -0.4 is 5.73 Å². The first-order valence-corrected chi connectivity index (χ1v) is 11.5. The van der Waals surface area contributed by atoms with Gasteiger partial charge in [-0.3, -0.25) is 9.78 Å². The van der Waals surface area contributed by atoms with Crippen LogP contribution in [0.3, 0.4) is 0 Å². The van der Waals surface area contributed by atoms with E-state index in [1.54, 1.807) is 0 Å². The van der Waals surface area contributed by atoms with Crippen LogP contribution in [0.1, 0.15) is 68.8 Å². The van der Waals surface area contributed by atoms with Crippen molar-refractivity contribution in [1.82, 2.24) is 4.98 Å². The molecule has 2 atom stereocenters. The lowest BCUT2D eigenvalue weighted by Crippen LogP contribution is -2.14. The first-order valence-electron chi connectivity index (χ1n) is 11.5. The molecule has 31 heavy (non-hydrogen) atoms. The number of aromatic nitrogens is 1. The van der Waals surface area contributed by atoms with Crippen LogP contribution in [-0.4, -0.2) is 10.9 Å². The fraction of sp³-hybridized carbons (Fsp3) is 0.429. The van der Waals surface area contributed by atoms with Crippen LogP contribution in [-0.2, 0) is 17.6 Å². The lowest BCUT2D eigenvalue weighted by molar-refractivity contribution is -0.119. The maximum absolute atomic E-state index is 11.7. The Morgan fingerprint density at radius 2 is 1.84 bits per heavy atom. The molecule has 1 aliphatic carbocycles. The van der Waals surface area contributed by atoms with Crippen LogP contribution in [0.25, 0.3) is 22.0 Å². The maximum atomic E-state index is 11.7. The Kier molecular flexibility index (Phi) is 5.63. The van der Waals surface area contributed by atoms with E-state index in [-0.39, 0.29) is 23.2 Å². The van der Waals surface area contributed by atoms with Crippen molar-refractivity contribution in [2.75, 3.05) is 0 Å². The minimum Gasteiger partial charge on any atom is -0.369 e. The van der Waals surface area contributed by atoms with Gasteiger partial charge in [0.25, 0.3) is 0 Å². The number of aryl methyl sites for hydroxylation is 2. The van der Waals surface area contributed by atoms with Gasteiger partial charge in [-0.05, 0) is 71.9 Å². The molecule has 0 aliphatic heterocycles. The molecule has 0 saturated heterocycles. The summed E-state index contributed by atoms with van der Waals surface area (Å²) in [7, 11) is 0. The number of benzene rings is 2. The second kappa shape index (κ2) is 8.11. The summed E-state index contributed by atoms with van der Waals surface area (Å²) in [4.78, 5) is 16.8. The van der Waals surface area contributed by atoms with E-state index in [4.69, 9.17) is 10.7 Å². The van der Waals surface area contributed by atoms with Crippen LogP contribution in [0.5, 0.6) is 0 Å². The Balaban J connectivity index is 1.98. The number of nitrogens with two attached hydrogens (primary N) is 1. The third-order valence-corrected chi connectivity index (χ3v) is 6.31.